The molecule has 0 amide bonds. The number of aromatic hydroxyl groups is 1. The summed E-state index contributed by atoms with van der Waals surface area (Å²) in [4.78, 5) is 11.7. The number of benzene rings is 2. The molecule has 0 radical (unpaired) electrons. The summed E-state index contributed by atoms with van der Waals surface area (Å²) in [6.45, 7) is 0. The lowest BCUT2D eigenvalue weighted by atomic mass is 10.2. The number of sulfonamides is 1. The predicted molar refractivity (Wildman–Crippen MR) is 89.1 cm³/mol. The van der Waals surface area contributed by atoms with Crippen molar-refractivity contribution in [1.29, 1.82) is 0 Å². The van der Waals surface area contributed by atoms with Gasteiger partial charge < -0.3 is 5.11 Å². The van der Waals surface area contributed by atoms with Crippen molar-refractivity contribution in [3.63, 3.8) is 0 Å². The fourth-order valence-electron chi connectivity index (χ4n) is 1.63. The van der Waals surface area contributed by atoms with Crippen LogP contribution in [-0.4, -0.2) is 24.7 Å². The number of hydrogen-bond donors (Lipinski definition) is 2. The molecule has 2 aromatic carbocycles. The molecule has 0 heterocycles. The molecule has 0 saturated heterocycles. The van der Waals surface area contributed by atoms with Crippen LogP contribution in [0.3, 0.4) is 0 Å². The SMILES string of the molecule is O=[N+]([O-])c1cc(/C=N/NS(=O)(=O)c2ccc(Cl)c(Cl)c2)ccc1O. The van der Waals surface area contributed by atoms with Gasteiger partial charge in [0.25, 0.3) is 10.0 Å². The van der Waals surface area contributed by atoms with Gasteiger partial charge in [0.2, 0.25) is 0 Å². The van der Waals surface area contributed by atoms with E-state index in [1.807, 2.05) is 4.83 Å². The van der Waals surface area contributed by atoms with Crippen molar-refractivity contribution in [1.82, 2.24) is 4.83 Å². The van der Waals surface area contributed by atoms with E-state index >= 15 is 0 Å². The maximum Gasteiger partial charge on any atom is 0.311 e. The molecule has 0 atom stereocenters. The molecule has 11 heteroatoms. The molecule has 24 heavy (non-hydrogen) atoms. The molecule has 0 aliphatic carbocycles. The highest BCUT2D eigenvalue weighted by molar-refractivity contribution is 7.89. The number of halogens is 2. The molecule has 8 nitrogen and oxygen atoms in total. The van der Waals surface area contributed by atoms with Crippen LogP contribution in [0.15, 0.2) is 46.4 Å². The number of nitro groups is 1. The summed E-state index contributed by atoms with van der Waals surface area (Å²) >= 11 is 11.5. The van der Waals surface area contributed by atoms with Gasteiger partial charge in [0.15, 0.2) is 5.75 Å². The summed E-state index contributed by atoms with van der Waals surface area (Å²) < 4.78 is 24.1. The zero-order valence-corrected chi connectivity index (χ0v) is 14.0. The largest absolute Gasteiger partial charge is 0.502 e. The van der Waals surface area contributed by atoms with Crippen molar-refractivity contribution in [3.05, 3.63) is 62.1 Å². The first-order chi connectivity index (χ1) is 11.2. The van der Waals surface area contributed by atoms with Crippen molar-refractivity contribution in [2.24, 2.45) is 5.10 Å². The van der Waals surface area contributed by atoms with Crippen LogP contribution in [-0.2, 0) is 10.0 Å². The molecule has 2 rings (SSSR count). The number of rotatable bonds is 5. The molecule has 0 spiro atoms. The number of phenolic OH excluding ortho intramolecular Hbond substituents is 1. The van der Waals surface area contributed by atoms with Crippen LogP contribution in [0.5, 0.6) is 5.75 Å². The number of nitro benzene ring substituents is 1. The normalized spacial score (nSPS) is 11.6. The maximum absolute atomic E-state index is 12.0. The summed E-state index contributed by atoms with van der Waals surface area (Å²) in [6, 6.07) is 7.22. The van der Waals surface area contributed by atoms with Crippen molar-refractivity contribution in [2.45, 2.75) is 4.90 Å². The van der Waals surface area contributed by atoms with Crippen molar-refractivity contribution >= 4 is 45.1 Å². The van der Waals surface area contributed by atoms with Gasteiger partial charge in [-0.3, -0.25) is 10.1 Å². The third kappa shape index (κ3) is 4.13. The molecule has 0 aromatic heterocycles. The third-order valence-corrected chi connectivity index (χ3v) is 4.74. The second kappa shape index (κ2) is 7.04. The second-order valence-electron chi connectivity index (χ2n) is 4.43. The molecule has 2 N–H and O–H groups in total. The number of phenols is 1. The molecule has 0 aliphatic heterocycles. The van der Waals surface area contributed by atoms with Crippen LogP contribution < -0.4 is 4.83 Å². The summed E-state index contributed by atoms with van der Waals surface area (Å²) in [6.07, 6.45) is 1.06. The van der Waals surface area contributed by atoms with E-state index in [2.05, 4.69) is 5.10 Å². The number of hydrazone groups is 1. The molecular weight excluding hydrogens is 381 g/mol. The van der Waals surface area contributed by atoms with E-state index in [-0.39, 0.29) is 20.5 Å². The van der Waals surface area contributed by atoms with Gasteiger partial charge in [-0.05, 0) is 30.3 Å². The van der Waals surface area contributed by atoms with E-state index in [0.717, 1.165) is 24.4 Å². The molecule has 0 saturated carbocycles. The predicted octanol–water partition coefficient (Wildman–Crippen LogP) is 2.92. The Hall–Kier alpha value is -2.36. The van der Waals surface area contributed by atoms with Gasteiger partial charge >= 0.3 is 5.69 Å². The van der Waals surface area contributed by atoms with E-state index < -0.39 is 26.4 Å². The van der Waals surface area contributed by atoms with Crippen LogP contribution >= 0.6 is 23.2 Å². The molecule has 0 aliphatic rings. The minimum absolute atomic E-state index is 0.0673. The van der Waals surface area contributed by atoms with E-state index in [0.29, 0.717) is 0 Å². The minimum Gasteiger partial charge on any atom is -0.502 e. The van der Waals surface area contributed by atoms with E-state index in [9.17, 15) is 23.6 Å². The first kappa shape index (κ1) is 18.0. The Morgan fingerprint density at radius 1 is 1.17 bits per heavy atom. The first-order valence-corrected chi connectivity index (χ1v) is 8.42. The summed E-state index contributed by atoms with van der Waals surface area (Å²) in [5.41, 5.74) is -0.303. The van der Waals surface area contributed by atoms with Gasteiger partial charge in [-0.15, -0.1) is 0 Å². The molecule has 2 aromatic rings. The van der Waals surface area contributed by atoms with Crippen molar-refractivity contribution in [2.75, 3.05) is 0 Å². The Morgan fingerprint density at radius 3 is 2.50 bits per heavy atom. The number of nitrogens with one attached hydrogen (secondary N) is 1. The smallest absolute Gasteiger partial charge is 0.311 e. The second-order valence-corrected chi connectivity index (χ2v) is 6.91. The standard InChI is InChI=1S/C13H9Cl2N3O5S/c14-10-3-2-9(6-11(10)15)24(22,23)17-16-7-8-1-4-13(19)12(5-8)18(20)21/h1-7,17,19H/b16-7+. The van der Waals surface area contributed by atoms with Crippen LogP contribution in [0.1, 0.15) is 5.56 Å². The highest BCUT2D eigenvalue weighted by Crippen LogP contribution is 2.26. The molecule has 0 fully saturated rings. The molecule has 0 bridgehead atoms. The van der Waals surface area contributed by atoms with Gasteiger partial charge in [-0.2, -0.15) is 13.5 Å². The Bertz CT molecular complexity index is 931. The lowest BCUT2D eigenvalue weighted by molar-refractivity contribution is -0.385. The Balaban J connectivity index is 2.20. The number of hydrogen-bond acceptors (Lipinski definition) is 6. The van der Waals surface area contributed by atoms with E-state index in [4.69, 9.17) is 23.2 Å². The summed E-state index contributed by atoms with van der Waals surface area (Å²) in [7, 11) is -3.98. The van der Waals surface area contributed by atoms with Crippen molar-refractivity contribution < 1.29 is 18.4 Å². The molecule has 0 unspecified atom stereocenters. The first-order valence-electron chi connectivity index (χ1n) is 6.18. The van der Waals surface area contributed by atoms with Gasteiger partial charge in [-0.1, -0.05) is 23.2 Å². The third-order valence-electron chi connectivity index (χ3n) is 2.78. The topological polar surface area (TPSA) is 122 Å². The Kier molecular flexibility index (Phi) is 5.27. The zero-order valence-electron chi connectivity index (χ0n) is 11.7. The zero-order chi connectivity index (χ0) is 17.9. The highest BCUT2D eigenvalue weighted by Gasteiger charge is 2.15. The van der Waals surface area contributed by atoms with Crippen LogP contribution in [0.25, 0.3) is 0 Å². The van der Waals surface area contributed by atoms with E-state index in [1.165, 1.54) is 18.2 Å². The van der Waals surface area contributed by atoms with Gasteiger partial charge in [0, 0.05) is 11.6 Å². The van der Waals surface area contributed by atoms with Crippen molar-refractivity contribution in [3.8, 4) is 5.75 Å². The highest BCUT2D eigenvalue weighted by atomic mass is 35.5. The quantitative estimate of drug-likeness (QED) is 0.462. The Labute approximate surface area is 146 Å². The van der Waals surface area contributed by atoms with Gasteiger partial charge in [0.1, 0.15) is 0 Å². The summed E-state index contributed by atoms with van der Waals surface area (Å²) in [5.74, 6) is -0.506. The van der Waals surface area contributed by atoms with E-state index in [1.54, 1.807) is 0 Å². The lowest BCUT2D eigenvalue weighted by Crippen LogP contribution is -2.18. The molecular formula is C13H9Cl2N3O5S. The van der Waals surface area contributed by atoms with Crippen LogP contribution in [0.4, 0.5) is 5.69 Å². The lowest BCUT2D eigenvalue weighted by Gasteiger charge is -2.04. The average molecular weight is 390 g/mol. The van der Waals surface area contributed by atoms with Gasteiger partial charge in [0.05, 0.1) is 26.1 Å². The number of nitrogens with zero attached hydrogens (tertiary/aromatic N) is 2. The monoisotopic (exact) mass is 389 g/mol. The minimum atomic E-state index is -3.98. The fourth-order valence-corrected chi connectivity index (χ4v) is 2.81. The Morgan fingerprint density at radius 2 is 1.88 bits per heavy atom. The van der Waals surface area contributed by atoms with Gasteiger partial charge in [-0.25, -0.2) is 4.83 Å². The van der Waals surface area contributed by atoms with Crippen LogP contribution in [0.2, 0.25) is 10.0 Å². The maximum atomic E-state index is 12.0. The fraction of sp³-hybridized carbons (Fsp3) is 0. The van der Waals surface area contributed by atoms with Crippen LogP contribution in [0, 0.1) is 10.1 Å². The molecule has 126 valence electrons. The summed E-state index contributed by atoms with van der Waals surface area (Å²) in [5, 5.41) is 23.9. The average Bonchev–Trinajstić information content (AvgIpc) is 2.51.